The Labute approximate surface area is 173 Å². The molecule has 140 valence electrons. The van der Waals surface area contributed by atoms with Gasteiger partial charge in [0.05, 0.1) is 21.8 Å². The van der Waals surface area contributed by atoms with Crippen LogP contribution in [0.4, 0.5) is 5.69 Å². The Kier molecular flexibility index (Phi) is 5.20. The van der Waals surface area contributed by atoms with Crippen molar-refractivity contribution in [3.63, 3.8) is 0 Å². The zero-order valence-corrected chi connectivity index (χ0v) is 17.5. The van der Waals surface area contributed by atoms with Crippen LogP contribution in [0.2, 0.25) is 10.0 Å². The standard InChI is InChI=1S/C18H15Cl2N3O2S2/c1-23-17(25)15-10-3-2-4-13(10)27-16(15)22-18(23)26-8-14(24)21-12-6-5-9(19)7-11(12)20/h5-7H,2-4,8H2,1H3,(H,21,24). The lowest BCUT2D eigenvalue weighted by molar-refractivity contribution is -0.113. The fourth-order valence-corrected chi connectivity index (χ4v) is 5.67. The molecule has 0 radical (unpaired) electrons. The molecule has 4 rings (SSSR count). The molecule has 1 aliphatic carbocycles. The van der Waals surface area contributed by atoms with Crippen LogP contribution in [0.3, 0.4) is 0 Å². The third kappa shape index (κ3) is 3.61. The molecular formula is C18H15Cl2N3O2S2. The molecular weight excluding hydrogens is 425 g/mol. The molecule has 0 fully saturated rings. The van der Waals surface area contributed by atoms with Crippen molar-refractivity contribution in [3.8, 4) is 0 Å². The smallest absolute Gasteiger partial charge is 0.262 e. The summed E-state index contributed by atoms with van der Waals surface area (Å²) in [5.41, 5.74) is 1.62. The Morgan fingerprint density at radius 3 is 2.96 bits per heavy atom. The minimum Gasteiger partial charge on any atom is -0.324 e. The number of aryl methyl sites for hydroxylation is 2. The number of nitrogens with zero attached hydrogens (tertiary/aromatic N) is 2. The van der Waals surface area contributed by atoms with Crippen LogP contribution in [0.25, 0.3) is 10.2 Å². The van der Waals surface area contributed by atoms with Gasteiger partial charge in [0.15, 0.2) is 5.16 Å². The van der Waals surface area contributed by atoms with E-state index in [0.717, 1.165) is 35.0 Å². The highest BCUT2D eigenvalue weighted by Gasteiger charge is 2.22. The van der Waals surface area contributed by atoms with Gasteiger partial charge < -0.3 is 5.32 Å². The van der Waals surface area contributed by atoms with E-state index in [0.29, 0.717) is 20.9 Å². The van der Waals surface area contributed by atoms with Crippen molar-refractivity contribution in [2.24, 2.45) is 7.05 Å². The van der Waals surface area contributed by atoms with E-state index in [1.165, 1.54) is 21.2 Å². The van der Waals surface area contributed by atoms with E-state index < -0.39 is 0 Å². The van der Waals surface area contributed by atoms with Crippen LogP contribution < -0.4 is 10.9 Å². The zero-order chi connectivity index (χ0) is 19.1. The molecule has 1 aliphatic rings. The first-order valence-electron chi connectivity index (χ1n) is 8.33. The van der Waals surface area contributed by atoms with Crippen molar-refractivity contribution in [1.29, 1.82) is 0 Å². The summed E-state index contributed by atoms with van der Waals surface area (Å²) in [5.74, 6) is -0.109. The Morgan fingerprint density at radius 2 is 2.19 bits per heavy atom. The lowest BCUT2D eigenvalue weighted by atomic mass is 10.2. The quantitative estimate of drug-likeness (QED) is 0.479. The Hall–Kier alpha value is -1.54. The van der Waals surface area contributed by atoms with Gasteiger partial charge in [-0.3, -0.25) is 14.2 Å². The topological polar surface area (TPSA) is 64.0 Å². The van der Waals surface area contributed by atoms with Crippen LogP contribution in [0.1, 0.15) is 16.9 Å². The lowest BCUT2D eigenvalue weighted by Gasteiger charge is -2.09. The van der Waals surface area contributed by atoms with Crippen molar-refractivity contribution in [1.82, 2.24) is 9.55 Å². The normalized spacial score (nSPS) is 13.1. The predicted molar refractivity (Wildman–Crippen MR) is 113 cm³/mol. The fourth-order valence-electron chi connectivity index (χ4n) is 3.14. The van der Waals surface area contributed by atoms with Crippen LogP contribution in [-0.4, -0.2) is 21.2 Å². The van der Waals surface area contributed by atoms with Gasteiger partial charge in [0.25, 0.3) is 5.56 Å². The van der Waals surface area contributed by atoms with Gasteiger partial charge in [-0.2, -0.15) is 0 Å². The molecule has 9 heteroatoms. The number of rotatable bonds is 4. The number of thiophene rings is 1. The Balaban J connectivity index is 1.53. The van der Waals surface area contributed by atoms with Crippen LogP contribution in [0, 0.1) is 0 Å². The van der Waals surface area contributed by atoms with E-state index >= 15 is 0 Å². The lowest BCUT2D eigenvalue weighted by Crippen LogP contribution is -2.21. The molecule has 2 heterocycles. The van der Waals surface area contributed by atoms with E-state index in [1.54, 1.807) is 36.6 Å². The molecule has 0 unspecified atom stereocenters. The molecule has 1 aromatic carbocycles. The van der Waals surface area contributed by atoms with Crippen LogP contribution in [-0.2, 0) is 24.7 Å². The molecule has 0 aliphatic heterocycles. The van der Waals surface area contributed by atoms with E-state index in [9.17, 15) is 9.59 Å². The maximum absolute atomic E-state index is 12.8. The molecule has 0 bridgehead atoms. The first-order valence-corrected chi connectivity index (χ1v) is 10.9. The van der Waals surface area contributed by atoms with Crippen molar-refractivity contribution >= 4 is 68.1 Å². The van der Waals surface area contributed by atoms with Crippen LogP contribution >= 0.6 is 46.3 Å². The van der Waals surface area contributed by atoms with Gasteiger partial charge in [0.1, 0.15) is 4.83 Å². The number of carbonyl (C=O) groups is 1. The number of amides is 1. The number of thioether (sulfide) groups is 1. The first kappa shape index (κ1) is 18.8. The summed E-state index contributed by atoms with van der Waals surface area (Å²) in [4.78, 5) is 31.7. The predicted octanol–water partition coefficient (Wildman–Crippen LogP) is 4.52. The minimum absolute atomic E-state index is 0.0388. The number of hydrogen-bond acceptors (Lipinski definition) is 5. The number of anilines is 1. The fraction of sp³-hybridized carbons (Fsp3) is 0.278. The molecule has 2 aromatic heterocycles. The van der Waals surface area contributed by atoms with Gasteiger partial charge in [-0.25, -0.2) is 4.98 Å². The second kappa shape index (κ2) is 7.47. The maximum Gasteiger partial charge on any atom is 0.262 e. The average Bonchev–Trinajstić information content (AvgIpc) is 3.20. The Bertz CT molecular complexity index is 1120. The van der Waals surface area contributed by atoms with Crippen molar-refractivity contribution in [2.45, 2.75) is 24.4 Å². The average molecular weight is 440 g/mol. The SMILES string of the molecule is Cn1c(SCC(=O)Nc2ccc(Cl)cc2Cl)nc2sc3c(c2c1=O)CCC3. The maximum atomic E-state index is 12.8. The van der Waals surface area contributed by atoms with Gasteiger partial charge in [0.2, 0.25) is 5.91 Å². The summed E-state index contributed by atoms with van der Waals surface area (Å²) < 4.78 is 1.53. The van der Waals surface area contributed by atoms with E-state index in [-0.39, 0.29) is 17.2 Å². The number of carbonyl (C=O) groups excluding carboxylic acids is 1. The molecule has 0 saturated heterocycles. The molecule has 1 N–H and O–H groups in total. The largest absolute Gasteiger partial charge is 0.324 e. The third-order valence-corrected chi connectivity index (χ3v) is 7.21. The number of aromatic nitrogens is 2. The summed E-state index contributed by atoms with van der Waals surface area (Å²) in [6.07, 6.45) is 3.07. The van der Waals surface area contributed by atoms with Crippen molar-refractivity contribution < 1.29 is 4.79 Å². The van der Waals surface area contributed by atoms with Crippen molar-refractivity contribution in [2.75, 3.05) is 11.1 Å². The highest BCUT2D eigenvalue weighted by atomic mass is 35.5. The summed E-state index contributed by atoms with van der Waals surface area (Å²) in [6.45, 7) is 0. The molecule has 0 spiro atoms. The van der Waals surface area contributed by atoms with Gasteiger partial charge in [-0.15, -0.1) is 11.3 Å². The molecule has 27 heavy (non-hydrogen) atoms. The second-order valence-corrected chi connectivity index (χ2v) is 9.13. The Morgan fingerprint density at radius 1 is 1.37 bits per heavy atom. The summed E-state index contributed by atoms with van der Waals surface area (Å²) in [7, 11) is 1.70. The third-order valence-electron chi connectivity index (χ3n) is 4.44. The van der Waals surface area contributed by atoms with Crippen LogP contribution in [0.5, 0.6) is 0 Å². The number of benzene rings is 1. The van der Waals surface area contributed by atoms with Crippen LogP contribution in [0.15, 0.2) is 28.2 Å². The number of fused-ring (bicyclic) bond motifs is 3. The van der Waals surface area contributed by atoms with E-state index in [1.807, 2.05) is 0 Å². The molecule has 0 saturated carbocycles. The minimum atomic E-state index is -0.229. The number of halogens is 2. The molecule has 0 atom stereocenters. The van der Waals surface area contributed by atoms with Gasteiger partial charge >= 0.3 is 0 Å². The van der Waals surface area contributed by atoms with Crippen molar-refractivity contribution in [3.05, 3.63) is 49.0 Å². The number of nitrogens with one attached hydrogen (secondary N) is 1. The highest BCUT2D eigenvalue weighted by Crippen LogP contribution is 2.35. The summed E-state index contributed by atoms with van der Waals surface area (Å²) in [5, 5.41) is 4.91. The first-order chi connectivity index (χ1) is 12.9. The van der Waals surface area contributed by atoms with Gasteiger partial charge in [-0.1, -0.05) is 35.0 Å². The summed E-state index contributed by atoms with van der Waals surface area (Å²) in [6, 6.07) is 4.88. The van der Waals surface area contributed by atoms with Gasteiger partial charge in [0, 0.05) is 16.9 Å². The van der Waals surface area contributed by atoms with E-state index in [2.05, 4.69) is 10.3 Å². The highest BCUT2D eigenvalue weighted by molar-refractivity contribution is 7.99. The second-order valence-electron chi connectivity index (χ2n) is 6.26. The molecule has 3 aromatic rings. The zero-order valence-electron chi connectivity index (χ0n) is 14.3. The molecule has 1 amide bonds. The van der Waals surface area contributed by atoms with E-state index in [4.69, 9.17) is 23.2 Å². The summed E-state index contributed by atoms with van der Waals surface area (Å²) >= 11 is 14.8. The molecule has 5 nitrogen and oxygen atoms in total. The monoisotopic (exact) mass is 439 g/mol. The van der Waals surface area contributed by atoms with Gasteiger partial charge in [-0.05, 0) is 43.0 Å². The number of hydrogen-bond donors (Lipinski definition) is 1.